The first-order valence-electron chi connectivity index (χ1n) is 7.32. The van der Waals surface area contributed by atoms with Crippen LogP contribution in [0.4, 0.5) is 4.79 Å². The molecule has 0 heterocycles. The topological polar surface area (TPSA) is 79.8 Å². The van der Waals surface area contributed by atoms with Crippen molar-refractivity contribution in [1.29, 1.82) is 0 Å². The number of aliphatic hydroxyl groups excluding tert-OH is 1. The Kier molecular flexibility index (Phi) is 7.26. The lowest BCUT2D eigenvalue weighted by Crippen LogP contribution is -2.39. The van der Waals surface area contributed by atoms with Gasteiger partial charge in [-0.15, -0.1) is 0 Å². The maximum Gasteiger partial charge on any atom is 0.407 e. The molecule has 6 nitrogen and oxygen atoms in total. The van der Waals surface area contributed by atoms with Crippen LogP contribution >= 0.6 is 0 Å². The first-order chi connectivity index (χ1) is 9.40. The first kappa shape index (κ1) is 17.2. The molecule has 20 heavy (non-hydrogen) atoms. The number of carbonyl (C=O) groups is 1. The Balaban J connectivity index is 2.12. The average Bonchev–Trinajstić information content (AvgIpc) is 2.74. The summed E-state index contributed by atoms with van der Waals surface area (Å²) in [7, 11) is 0. The van der Waals surface area contributed by atoms with Gasteiger partial charge in [0.2, 0.25) is 0 Å². The molecule has 6 heteroatoms. The van der Waals surface area contributed by atoms with Crippen molar-refractivity contribution in [2.45, 2.75) is 57.7 Å². The Morgan fingerprint density at radius 3 is 2.60 bits per heavy atom. The first-order valence-corrected chi connectivity index (χ1v) is 7.32. The number of ether oxygens (including phenoxy) is 2. The Morgan fingerprint density at radius 2 is 1.95 bits per heavy atom. The van der Waals surface area contributed by atoms with E-state index in [1.165, 1.54) is 0 Å². The van der Waals surface area contributed by atoms with Gasteiger partial charge in [-0.25, -0.2) is 4.79 Å². The minimum absolute atomic E-state index is 0.0608. The summed E-state index contributed by atoms with van der Waals surface area (Å²) in [6.45, 7) is 7.39. The van der Waals surface area contributed by atoms with E-state index in [0.29, 0.717) is 19.3 Å². The Morgan fingerprint density at radius 1 is 1.25 bits per heavy atom. The summed E-state index contributed by atoms with van der Waals surface area (Å²) in [4.78, 5) is 11.7. The van der Waals surface area contributed by atoms with E-state index < -0.39 is 5.60 Å². The van der Waals surface area contributed by atoms with E-state index in [1.54, 1.807) is 0 Å². The summed E-state index contributed by atoms with van der Waals surface area (Å²) >= 11 is 0. The van der Waals surface area contributed by atoms with Crippen LogP contribution in [0.15, 0.2) is 0 Å². The molecular weight excluding hydrogens is 260 g/mol. The highest BCUT2D eigenvalue weighted by atomic mass is 16.6. The molecule has 2 unspecified atom stereocenters. The second-order valence-corrected chi connectivity index (χ2v) is 6.14. The molecule has 0 radical (unpaired) electrons. The third kappa shape index (κ3) is 7.67. The fourth-order valence-electron chi connectivity index (χ4n) is 2.27. The minimum Gasteiger partial charge on any atom is -0.444 e. The normalized spacial score (nSPS) is 22.8. The molecule has 0 spiro atoms. The van der Waals surface area contributed by atoms with Crippen LogP contribution in [0, 0.1) is 0 Å². The van der Waals surface area contributed by atoms with E-state index >= 15 is 0 Å². The lowest BCUT2D eigenvalue weighted by Gasteiger charge is -2.21. The SMILES string of the molecule is CC(C)(C)OC(=O)NC1CCC(NCCOCCO)C1. The highest BCUT2D eigenvalue weighted by molar-refractivity contribution is 5.68. The van der Waals surface area contributed by atoms with Gasteiger partial charge < -0.3 is 25.2 Å². The molecule has 1 aliphatic carbocycles. The van der Waals surface area contributed by atoms with Crippen molar-refractivity contribution in [3.63, 3.8) is 0 Å². The van der Waals surface area contributed by atoms with Crippen LogP contribution in [-0.4, -0.2) is 55.2 Å². The molecule has 0 aromatic rings. The third-order valence-electron chi connectivity index (χ3n) is 3.07. The maximum absolute atomic E-state index is 11.7. The van der Waals surface area contributed by atoms with Gasteiger partial charge in [0.25, 0.3) is 0 Å². The summed E-state index contributed by atoms with van der Waals surface area (Å²) in [6.07, 6.45) is 2.59. The Bertz CT molecular complexity index is 291. The molecule has 1 aliphatic rings. The van der Waals surface area contributed by atoms with Crippen molar-refractivity contribution < 1.29 is 19.4 Å². The molecular formula is C14H28N2O4. The van der Waals surface area contributed by atoms with Gasteiger partial charge in [-0.2, -0.15) is 0 Å². The molecule has 0 saturated heterocycles. The lowest BCUT2D eigenvalue weighted by molar-refractivity contribution is 0.0505. The van der Waals surface area contributed by atoms with Gasteiger partial charge in [0.15, 0.2) is 0 Å². The van der Waals surface area contributed by atoms with Gasteiger partial charge in [0.1, 0.15) is 5.60 Å². The fourth-order valence-corrected chi connectivity index (χ4v) is 2.27. The molecule has 2 atom stereocenters. The highest BCUT2D eigenvalue weighted by Gasteiger charge is 2.27. The summed E-state index contributed by atoms with van der Waals surface area (Å²) in [6, 6.07) is 0.591. The van der Waals surface area contributed by atoms with E-state index in [-0.39, 0.29) is 18.7 Å². The van der Waals surface area contributed by atoms with E-state index in [0.717, 1.165) is 25.8 Å². The van der Waals surface area contributed by atoms with E-state index in [2.05, 4.69) is 10.6 Å². The van der Waals surface area contributed by atoms with E-state index in [4.69, 9.17) is 14.6 Å². The molecule has 0 aromatic carbocycles. The molecule has 0 aromatic heterocycles. The monoisotopic (exact) mass is 288 g/mol. The molecule has 1 fully saturated rings. The van der Waals surface area contributed by atoms with Gasteiger partial charge in [-0.05, 0) is 40.0 Å². The van der Waals surface area contributed by atoms with Crippen molar-refractivity contribution in [1.82, 2.24) is 10.6 Å². The van der Waals surface area contributed by atoms with Gasteiger partial charge >= 0.3 is 6.09 Å². The van der Waals surface area contributed by atoms with Crippen LogP contribution < -0.4 is 10.6 Å². The van der Waals surface area contributed by atoms with Crippen molar-refractivity contribution in [3.8, 4) is 0 Å². The number of hydrogen-bond donors (Lipinski definition) is 3. The zero-order valence-corrected chi connectivity index (χ0v) is 12.8. The number of nitrogens with one attached hydrogen (secondary N) is 2. The molecule has 0 bridgehead atoms. The van der Waals surface area contributed by atoms with Crippen LogP contribution in [-0.2, 0) is 9.47 Å². The molecule has 1 amide bonds. The molecule has 1 saturated carbocycles. The largest absolute Gasteiger partial charge is 0.444 e. The predicted octanol–water partition coefficient (Wildman–Crippen LogP) is 1.03. The highest BCUT2D eigenvalue weighted by Crippen LogP contribution is 2.19. The van der Waals surface area contributed by atoms with Crippen LogP contribution in [0.25, 0.3) is 0 Å². The number of aliphatic hydroxyl groups is 1. The second kappa shape index (κ2) is 8.44. The van der Waals surface area contributed by atoms with Crippen molar-refractivity contribution in [2.75, 3.05) is 26.4 Å². The minimum atomic E-state index is -0.454. The fraction of sp³-hybridized carbons (Fsp3) is 0.929. The second-order valence-electron chi connectivity index (χ2n) is 6.14. The van der Waals surface area contributed by atoms with Crippen molar-refractivity contribution in [3.05, 3.63) is 0 Å². The molecule has 3 N–H and O–H groups in total. The predicted molar refractivity (Wildman–Crippen MR) is 76.7 cm³/mol. The quantitative estimate of drug-likeness (QED) is 0.610. The summed E-state index contributed by atoms with van der Waals surface area (Å²) in [5, 5.41) is 14.9. The van der Waals surface area contributed by atoms with Crippen LogP contribution in [0.1, 0.15) is 40.0 Å². The van der Waals surface area contributed by atoms with Crippen molar-refractivity contribution in [2.24, 2.45) is 0 Å². The van der Waals surface area contributed by atoms with Gasteiger partial charge in [-0.3, -0.25) is 0 Å². The number of rotatable bonds is 7. The lowest BCUT2D eigenvalue weighted by atomic mass is 10.2. The molecule has 118 valence electrons. The number of amides is 1. The van der Waals surface area contributed by atoms with Crippen LogP contribution in [0.5, 0.6) is 0 Å². The molecule has 0 aliphatic heterocycles. The van der Waals surface area contributed by atoms with Crippen LogP contribution in [0.3, 0.4) is 0 Å². The maximum atomic E-state index is 11.7. The number of carbonyl (C=O) groups excluding carboxylic acids is 1. The van der Waals surface area contributed by atoms with Crippen molar-refractivity contribution >= 4 is 6.09 Å². The van der Waals surface area contributed by atoms with Gasteiger partial charge in [-0.1, -0.05) is 0 Å². The smallest absolute Gasteiger partial charge is 0.407 e. The van der Waals surface area contributed by atoms with E-state index in [1.807, 2.05) is 20.8 Å². The summed E-state index contributed by atoms with van der Waals surface area (Å²) < 4.78 is 10.4. The average molecular weight is 288 g/mol. The van der Waals surface area contributed by atoms with Gasteiger partial charge in [0.05, 0.1) is 19.8 Å². The molecule has 1 rings (SSSR count). The number of hydrogen-bond acceptors (Lipinski definition) is 5. The zero-order valence-electron chi connectivity index (χ0n) is 12.8. The third-order valence-corrected chi connectivity index (χ3v) is 3.07. The Labute approximate surface area is 121 Å². The van der Waals surface area contributed by atoms with Crippen LogP contribution in [0.2, 0.25) is 0 Å². The standard InChI is InChI=1S/C14H28N2O4/c1-14(2,3)20-13(18)16-12-5-4-11(10-12)15-6-8-19-9-7-17/h11-12,15,17H,4-10H2,1-3H3,(H,16,18). The zero-order chi connectivity index (χ0) is 15.0. The Hall–Kier alpha value is -0.850. The summed E-state index contributed by atoms with van der Waals surface area (Å²) in [5.41, 5.74) is -0.454. The van der Waals surface area contributed by atoms with Gasteiger partial charge in [0, 0.05) is 18.6 Å². The van der Waals surface area contributed by atoms with E-state index in [9.17, 15) is 4.79 Å². The number of alkyl carbamates (subject to hydrolysis) is 1. The summed E-state index contributed by atoms with van der Waals surface area (Å²) in [5.74, 6) is 0.